The van der Waals surface area contributed by atoms with Gasteiger partial charge in [-0.15, -0.1) is 0 Å². The maximum Gasteiger partial charge on any atom is 0.165 e. The molecule has 1 aliphatic rings. The number of hydrogen-bond acceptors (Lipinski definition) is 3. The lowest BCUT2D eigenvalue weighted by Crippen LogP contribution is -3.13. The number of anilines is 1. The van der Waals surface area contributed by atoms with Crippen LogP contribution < -0.4 is 9.80 Å². The predicted octanol–water partition coefficient (Wildman–Crippen LogP) is 3.26. The van der Waals surface area contributed by atoms with Gasteiger partial charge in [0.05, 0.1) is 32.4 Å². The van der Waals surface area contributed by atoms with E-state index in [1.807, 2.05) is 35.0 Å². The van der Waals surface area contributed by atoms with Crippen LogP contribution in [0.4, 0.5) is 5.82 Å². The molecule has 152 valence electrons. The van der Waals surface area contributed by atoms with E-state index in [1.54, 1.807) is 4.90 Å². The van der Waals surface area contributed by atoms with Gasteiger partial charge in [0.25, 0.3) is 0 Å². The molecule has 2 aromatic heterocycles. The zero-order valence-corrected chi connectivity index (χ0v) is 17.8. The molecule has 1 N–H and O–H groups in total. The van der Waals surface area contributed by atoms with Gasteiger partial charge in [0, 0.05) is 27.9 Å². The van der Waals surface area contributed by atoms with Crippen molar-refractivity contribution in [3.8, 4) is 11.1 Å². The number of hydrogen-bond donors (Lipinski definition) is 1. The van der Waals surface area contributed by atoms with E-state index >= 15 is 0 Å². The largest absolute Gasteiger partial charge is 0.345 e. The van der Waals surface area contributed by atoms with Crippen molar-refractivity contribution in [2.45, 2.75) is 13.5 Å². The number of benzene rings is 2. The lowest BCUT2D eigenvalue weighted by Gasteiger charge is -2.33. The summed E-state index contributed by atoms with van der Waals surface area (Å²) in [5.74, 6) is 1.12. The third-order valence-corrected chi connectivity index (χ3v) is 6.08. The monoisotopic (exact) mass is 418 g/mol. The number of fused-ring (bicyclic) bond motifs is 1. The molecule has 2 aromatic carbocycles. The molecule has 3 heterocycles. The van der Waals surface area contributed by atoms with E-state index in [1.165, 1.54) is 5.56 Å². The Morgan fingerprint density at radius 1 is 1.00 bits per heavy atom. The third kappa shape index (κ3) is 3.78. The Kier molecular flexibility index (Phi) is 5.15. The summed E-state index contributed by atoms with van der Waals surface area (Å²) in [6.07, 6.45) is 1.91. The number of rotatable bonds is 4. The number of nitrogens with one attached hydrogen (secondary N) is 1. The Morgan fingerprint density at radius 2 is 1.73 bits per heavy atom. The first-order valence-corrected chi connectivity index (χ1v) is 10.8. The van der Waals surface area contributed by atoms with Crippen LogP contribution in [-0.4, -0.2) is 40.8 Å². The van der Waals surface area contributed by atoms with E-state index in [9.17, 15) is 0 Å². The Balaban J connectivity index is 1.39. The Morgan fingerprint density at radius 3 is 2.47 bits per heavy atom. The summed E-state index contributed by atoms with van der Waals surface area (Å²) in [5, 5.41) is 5.43. The first-order chi connectivity index (χ1) is 14.7. The molecule has 6 heteroatoms. The summed E-state index contributed by atoms with van der Waals surface area (Å²) in [7, 11) is 0. The number of aryl methyl sites for hydroxylation is 1. The van der Waals surface area contributed by atoms with E-state index in [4.69, 9.17) is 21.7 Å². The van der Waals surface area contributed by atoms with Gasteiger partial charge < -0.3 is 9.80 Å². The molecule has 0 unspecified atom stereocenters. The van der Waals surface area contributed by atoms with Crippen LogP contribution in [0, 0.1) is 6.92 Å². The van der Waals surface area contributed by atoms with Crippen LogP contribution >= 0.6 is 11.6 Å². The van der Waals surface area contributed by atoms with Crippen LogP contribution in [0.5, 0.6) is 0 Å². The second kappa shape index (κ2) is 8.09. The molecule has 5 nitrogen and oxygen atoms in total. The summed E-state index contributed by atoms with van der Waals surface area (Å²) in [6.45, 7) is 7.39. The van der Waals surface area contributed by atoms with Gasteiger partial charge in [-0.3, -0.25) is 0 Å². The zero-order chi connectivity index (χ0) is 20.5. The summed E-state index contributed by atoms with van der Waals surface area (Å²) in [5.41, 5.74) is 5.42. The number of piperazine rings is 1. The molecule has 0 atom stereocenters. The molecular weight excluding hydrogens is 394 g/mol. The number of nitrogens with zero attached hydrogens (tertiary/aromatic N) is 4. The van der Waals surface area contributed by atoms with Gasteiger partial charge in [-0.05, 0) is 24.6 Å². The van der Waals surface area contributed by atoms with Gasteiger partial charge >= 0.3 is 0 Å². The van der Waals surface area contributed by atoms with E-state index < -0.39 is 0 Å². The highest BCUT2D eigenvalue weighted by Gasteiger charge is 2.23. The average Bonchev–Trinajstić information content (AvgIpc) is 3.19. The van der Waals surface area contributed by atoms with Gasteiger partial charge in [0.2, 0.25) is 0 Å². The van der Waals surface area contributed by atoms with Crippen LogP contribution in [0.3, 0.4) is 0 Å². The van der Waals surface area contributed by atoms with Crippen LogP contribution in [0.15, 0.2) is 66.9 Å². The number of halogens is 1. The predicted molar refractivity (Wildman–Crippen MR) is 121 cm³/mol. The third-order valence-electron chi connectivity index (χ3n) is 5.83. The minimum absolute atomic E-state index is 0.732. The van der Waals surface area contributed by atoms with Crippen LogP contribution in [-0.2, 0) is 6.54 Å². The minimum atomic E-state index is 0.732. The quantitative estimate of drug-likeness (QED) is 0.552. The molecule has 0 aliphatic carbocycles. The topological polar surface area (TPSA) is 37.9 Å². The van der Waals surface area contributed by atoms with Gasteiger partial charge in [0.15, 0.2) is 5.65 Å². The van der Waals surface area contributed by atoms with Crippen molar-refractivity contribution < 1.29 is 4.90 Å². The first kappa shape index (κ1) is 19.1. The van der Waals surface area contributed by atoms with Crippen molar-refractivity contribution in [2.75, 3.05) is 31.1 Å². The smallest absolute Gasteiger partial charge is 0.165 e. The van der Waals surface area contributed by atoms with Crippen LogP contribution in [0.2, 0.25) is 5.02 Å². The zero-order valence-electron chi connectivity index (χ0n) is 17.1. The van der Waals surface area contributed by atoms with E-state index in [-0.39, 0.29) is 0 Å². The summed E-state index contributed by atoms with van der Waals surface area (Å²) >= 11 is 6.06. The summed E-state index contributed by atoms with van der Waals surface area (Å²) < 4.78 is 1.99. The molecule has 0 amide bonds. The molecule has 1 fully saturated rings. The van der Waals surface area contributed by atoms with Crippen molar-refractivity contribution in [1.82, 2.24) is 14.6 Å². The normalized spacial score (nSPS) is 15.1. The SMILES string of the molecule is Cc1cc(N2CC[NH+](Cc3ccccc3)CC2)n2ncc(-c3ccc(Cl)cc3)c2n1. The van der Waals surface area contributed by atoms with Gasteiger partial charge in [-0.25, -0.2) is 4.98 Å². The van der Waals surface area contributed by atoms with E-state index in [0.29, 0.717) is 0 Å². The van der Waals surface area contributed by atoms with Gasteiger partial charge in [0.1, 0.15) is 12.4 Å². The fraction of sp³-hybridized carbons (Fsp3) is 0.250. The van der Waals surface area contributed by atoms with E-state index in [0.717, 1.165) is 66.0 Å². The lowest BCUT2D eigenvalue weighted by atomic mass is 10.1. The fourth-order valence-corrected chi connectivity index (χ4v) is 4.36. The van der Waals surface area contributed by atoms with Crippen LogP contribution in [0.1, 0.15) is 11.3 Å². The number of quaternary nitrogens is 1. The minimum Gasteiger partial charge on any atom is -0.345 e. The molecule has 5 rings (SSSR count). The molecule has 0 saturated carbocycles. The standard InChI is InChI=1S/C24H24ClN5/c1-18-15-23(29-13-11-28(12-14-29)17-19-5-3-2-4-6-19)30-24(27-18)22(16-26-30)20-7-9-21(25)10-8-20/h2-10,15-16H,11-14,17H2,1H3/p+1. The molecule has 30 heavy (non-hydrogen) atoms. The highest BCUT2D eigenvalue weighted by Crippen LogP contribution is 2.28. The second-order valence-corrected chi connectivity index (χ2v) is 8.39. The van der Waals surface area contributed by atoms with Crippen LogP contribution in [0.25, 0.3) is 16.8 Å². The van der Waals surface area contributed by atoms with Crippen molar-refractivity contribution in [1.29, 1.82) is 0 Å². The molecule has 1 aliphatic heterocycles. The molecular formula is C24H25ClN5+. The maximum absolute atomic E-state index is 6.06. The fourth-order valence-electron chi connectivity index (χ4n) is 4.24. The Labute approximate surface area is 181 Å². The van der Waals surface area contributed by atoms with Gasteiger partial charge in [-0.1, -0.05) is 54.1 Å². The Bertz CT molecular complexity index is 1150. The summed E-state index contributed by atoms with van der Waals surface area (Å²) in [6, 6.07) is 20.8. The van der Waals surface area contributed by atoms with Crippen molar-refractivity contribution in [3.05, 3.63) is 83.1 Å². The number of aromatic nitrogens is 3. The molecule has 4 aromatic rings. The van der Waals surface area contributed by atoms with E-state index in [2.05, 4.69) is 48.2 Å². The molecule has 0 spiro atoms. The van der Waals surface area contributed by atoms with Crippen molar-refractivity contribution >= 4 is 23.1 Å². The van der Waals surface area contributed by atoms with Crippen molar-refractivity contribution in [2.24, 2.45) is 0 Å². The maximum atomic E-state index is 6.06. The Hall–Kier alpha value is -2.89. The molecule has 0 radical (unpaired) electrons. The molecule has 1 saturated heterocycles. The lowest BCUT2D eigenvalue weighted by molar-refractivity contribution is -0.914. The molecule has 0 bridgehead atoms. The summed E-state index contributed by atoms with van der Waals surface area (Å²) in [4.78, 5) is 8.86. The van der Waals surface area contributed by atoms with Gasteiger partial charge in [-0.2, -0.15) is 9.61 Å². The van der Waals surface area contributed by atoms with Crippen molar-refractivity contribution in [3.63, 3.8) is 0 Å². The highest BCUT2D eigenvalue weighted by atomic mass is 35.5. The first-order valence-electron chi connectivity index (χ1n) is 10.4. The second-order valence-electron chi connectivity index (χ2n) is 7.96. The highest BCUT2D eigenvalue weighted by molar-refractivity contribution is 6.30. The average molecular weight is 419 g/mol.